The van der Waals surface area contributed by atoms with Crippen molar-refractivity contribution in [2.45, 2.75) is 33.4 Å². The first-order valence-corrected chi connectivity index (χ1v) is 10.5. The second-order valence-electron chi connectivity index (χ2n) is 8.12. The Morgan fingerprint density at radius 2 is 2.00 bits per heavy atom. The molecule has 4 heterocycles. The Balaban J connectivity index is 1.81. The van der Waals surface area contributed by atoms with Gasteiger partial charge in [-0.1, -0.05) is 30.3 Å². The van der Waals surface area contributed by atoms with Crippen molar-refractivity contribution in [3.8, 4) is 11.3 Å². The molecule has 10 heteroatoms. The minimum atomic E-state index is -0.431. The molecule has 2 atom stereocenters. The van der Waals surface area contributed by atoms with Crippen molar-refractivity contribution in [1.82, 2.24) is 24.1 Å². The SMILES string of the molecule is CC1=CC(c2c(-c3ccccc3)nc(N)n3c(=O)n(Cc4ncoc4C)nc23)=CC(C)[NH+]1[O-]. The van der Waals surface area contributed by atoms with Crippen LogP contribution in [0.15, 0.2) is 63.8 Å². The van der Waals surface area contributed by atoms with Crippen LogP contribution in [0.4, 0.5) is 5.95 Å². The molecule has 1 aliphatic rings. The number of nitrogen functional groups attached to an aromatic ring is 1. The molecule has 10 nitrogen and oxygen atoms in total. The second-order valence-corrected chi connectivity index (χ2v) is 8.12. The molecule has 0 bridgehead atoms. The van der Waals surface area contributed by atoms with E-state index in [9.17, 15) is 10.0 Å². The molecule has 1 aliphatic heterocycles. The maximum atomic E-state index is 13.2. The van der Waals surface area contributed by atoms with Gasteiger partial charge in [0.25, 0.3) is 0 Å². The third-order valence-electron chi connectivity index (χ3n) is 5.84. The molecule has 5 rings (SSSR count). The number of rotatable bonds is 4. The first-order valence-electron chi connectivity index (χ1n) is 10.5. The van der Waals surface area contributed by atoms with E-state index >= 15 is 0 Å². The highest BCUT2D eigenvalue weighted by atomic mass is 16.5. The molecule has 2 unspecified atom stereocenters. The number of hydrogen-bond donors (Lipinski definition) is 2. The van der Waals surface area contributed by atoms with Crippen molar-refractivity contribution in [3.63, 3.8) is 0 Å². The fourth-order valence-electron chi connectivity index (χ4n) is 4.11. The number of hydroxylamine groups is 2. The van der Waals surface area contributed by atoms with Gasteiger partial charge in [0.1, 0.15) is 23.2 Å². The van der Waals surface area contributed by atoms with Crippen molar-refractivity contribution in [3.05, 3.63) is 87.3 Å². The zero-order chi connectivity index (χ0) is 23.3. The number of oxazole rings is 1. The maximum absolute atomic E-state index is 13.2. The van der Waals surface area contributed by atoms with Gasteiger partial charge in [0.15, 0.2) is 12.0 Å². The van der Waals surface area contributed by atoms with Crippen molar-refractivity contribution in [2.24, 2.45) is 0 Å². The summed E-state index contributed by atoms with van der Waals surface area (Å²) in [6.45, 7) is 5.54. The molecular formula is C23H23N7O3. The molecule has 1 aromatic carbocycles. The molecule has 0 saturated heterocycles. The van der Waals surface area contributed by atoms with Gasteiger partial charge in [-0.05, 0) is 25.5 Å². The number of fused-ring (bicyclic) bond motifs is 1. The lowest BCUT2D eigenvalue weighted by Crippen LogP contribution is -3.08. The second kappa shape index (κ2) is 7.84. The van der Waals surface area contributed by atoms with Crippen molar-refractivity contribution < 1.29 is 9.48 Å². The van der Waals surface area contributed by atoms with Crippen LogP contribution in [0, 0.1) is 12.1 Å². The normalized spacial score (nSPS) is 18.4. The third-order valence-corrected chi connectivity index (χ3v) is 5.84. The maximum Gasteiger partial charge on any atom is 0.353 e. The molecule has 33 heavy (non-hydrogen) atoms. The van der Waals surface area contributed by atoms with Gasteiger partial charge in [0.2, 0.25) is 5.95 Å². The molecule has 0 radical (unpaired) electrons. The molecular weight excluding hydrogens is 422 g/mol. The molecule has 168 valence electrons. The van der Waals surface area contributed by atoms with Crippen LogP contribution in [0.2, 0.25) is 0 Å². The molecule has 3 aromatic heterocycles. The van der Waals surface area contributed by atoms with Crippen molar-refractivity contribution in [2.75, 3.05) is 5.73 Å². The zero-order valence-corrected chi connectivity index (χ0v) is 18.4. The van der Waals surface area contributed by atoms with Crippen LogP contribution in [0.3, 0.4) is 0 Å². The fourth-order valence-corrected chi connectivity index (χ4v) is 4.11. The Kier molecular flexibility index (Phi) is 4.95. The zero-order valence-electron chi connectivity index (χ0n) is 18.4. The summed E-state index contributed by atoms with van der Waals surface area (Å²) in [6.07, 6.45) is 5.02. The van der Waals surface area contributed by atoms with Crippen LogP contribution >= 0.6 is 0 Å². The predicted octanol–water partition coefficient (Wildman–Crippen LogP) is 1.56. The minimum Gasteiger partial charge on any atom is -0.629 e. The Bertz CT molecular complexity index is 1480. The largest absolute Gasteiger partial charge is 0.629 e. The number of aryl methyl sites for hydroxylation is 1. The van der Waals surface area contributed by atoms with E-state index < -0.39 is 5.69 Å². The Morgan fingerprint density at radius 3 is 2.67 bits per heavy atom. The summed E-state index contributed by atoms with van der Waals surface area (Å²) in [4.78, 5) is 22.0. The van der Waals surface area contributed by atoms with E-state index in [2.05, 4.69) is 15.1 Å². The average molecular weight is 445 g/mol. The summed E-state index contributed by atoms with van der Waals surface area (Å²) < 4.78 is 7.85. The molecule has 0 amide bonds. The predicted molar refractivity (Wildman–Crippen MR) is 123 cm³/mol. The van der Waals surface area contributed by atoms with Gasteiger partial charge in [-0.2, -0.15) is 0 Å². The van der Waals surface area contributed by atoms with E-state index in [4.69, 9.17) is 10.2 Å². The van der Waals surface area contributed by atoms with E-state index in [0.717, 1.165) is 11.1 Å². The van der Waals surface area contributed by atoms with Crippen molar-refractivity contribution >= 4 is 17.2 Å². The van der Waals surface area contributed by atoms with Crippen LogP contribution in [0.25, 0.3) is 22.5 Å². The van der Waals surface area contributed by atoms with E-state index in [0.29, 0.717) is 34.1 Å². The monoisotopic (exact) mass is 445 g/mol. The summed E-state index contributed by atoms with van der Waals surface area (Å²) in [5.41, 5.74) is 10.3. The Morgan fingerprint density at radius 1 is 1.24 bits per heavy atom. The van der Waals surface area contributed by atoms with Gasteiger partial charge in [-0.25, -0.2) is 23.8 Å². The number of benzene rings is 1. The summed E-state index contributed by atoms with van der Waals surface area (Å²) in [7, 11) is 0. The third kappa shape index (κ3) is 3.45. The number of nitrogens with two attached hydrogens (primary N) is 1. The topological polar surface area (TPSA) is 132 Å². The summed E-state index contributed by atoms with van der Waals surface area (Å²) >= 11 is 0. The number of quaternary nitrogens is 1. The quantitative estimate of drug-likeness (QED) is 0.456. The van der Waals surface area contributed by atoms with Crippen LogP contribution in [0.5, 0.6) is 0 Å². The van der Waals surface area contributed by atoms with Gasteiger partial charge in [0.05, 0.1) is 17.8 Å². The highest BCUT2D eigenvalue weighted by Crippen LogP contribution is 2.33. The number of aromatic nitrogens is 5. The Hall–Kier alpha value is -4.02. The molecule has 3 N–H and O–H groups in total. The lowest BCUT2D eigenvalue weighted by molar-refractivity contribution is -0.825. The molecule has 0 aliphatic carbocycles. The first kappa shape index (κ1) is 20.9. The highest BCUT2D eigenvalue weighted by Gasteiger charge is 2.26. The summed E-state index contributed by atoms with van der Waals surface area (Å²) in [5.74, 6) is 0.637. The van der Waals surface area contributed by atoms with Gasteiger partial charge < -0.3 is 20.4 Å². The van der Waals surface area contributed by atoms with Gasteiger partial charge in [0, 0.05) is 18.6 Å². The number of nitrogens with one attached hydrogen (secondary N) is 1. The van der Waals surface area contributed by atoms with E-state index in [1.165, 1.54) is 15.5 Å². The number of allylic oxidation sites excluding steroid dienone is 3. The van der Waals surface area contributed by atoms with Crippen LogP contribution in [-0.2, 0) is 6.54 Å². The van der Waals surface area contributed by atoms with Crippen LogP contribution < -0.4 is 16.5 Å². The number of hydrogen-bond acceptors (Lipinski definition) is 7. The molecule has 0 saturated carbocycles. The number of nitrogens with zero attached hydrogens (tertiary/aromatic N) is 5. The molecule has 0 fully saturated rings. The molecule has 4 aromatic rings. The lowest BCUT2D eigenvalue weighted by atomic mass is 9.95. The minimum absolute atomic E-state index is 0.0296. The highest BCUT2D eigenvalue weighted by molar-refractivity contribution is 5.91. The van der Waals surface area contributed by atoms with Crippen molar-refractivity contribution in [1.29, 1.82) is 0 Å². The van der Waals surface area contributed by atoms with E-state index in [1.54, 1.807) is 13.8 Å². The van der Waals surface area contributed by atoms with Gasteiger partial charge in [-0.15, -0.1) is 5.10 Å². The summed E-state index contributed by atoms with van der Waals surface area (Å²) in [6, 6.07) is 9.26. The Labute approximate surface area is 188 Å². The van der Waals surface area contributed by atoms with E-state index in [-0.39, 0.29) is 23.6 Å². The molecule has 0 spiro atoms. The smallest absolute Gasteiger partial charge is 0.353 e. The average Bonchev–Trinajstić information content (AvgIpc) is 3.35. The lowest BCUT2D eigenvalue weighted by Gasteiger charge is -2.31. The number of anilines is 1. The van der Waals surface area contributed by atoms with Gasteiger partial charge in [-0.3, -0.25) is 0 Å². The fraction of sp³-hybridized carbons (Fsp3) is 0.217. The van der Waals surface area contributed by atoms with Crippen LogP contribution in [0.1, 0.15) is 30.9 Å². The van der Waals surface area contributed by atoms with Crippen LogP contribution in [-0.4, -0.2) is 30.2 Å². The first-order chi connectivity index (χ1) is 15.8. The van der Waals surface area contributed by atoms with E-state index in [1.807, 2.05) is 49.4 Å². The van der Waals surface area contributed by atoms with Gasteiger partial charge >= 0.3 is 5.69 Å². The standard InChI is InChI=1S/C23H23N7O3/c1-13-9-17(10-14(2)30(13)32)19-20(16-7-5-4-6-8-16)26-22(24)29-21(19)27-28(23(29)31)11-18-15(3)33-12-25-18/h4-10,12-13,30H,11H2,1-3H3,(H2,24,26). The summed E-state index contributed by atoms with van der Waals surface area (Å²) in [5, 5.41) is 17.1.